The van der Waals surface area contributed by atoms with E-state index in [1.54, 1.807) is 12.1 Å². The van der Waals surface area contributed by atoms with Crippen LogP contribution in [0.1, 0.15) is 46.1 Å². The maximum absolute atomic E-state index is 13.6. The summed E-state index contributed by atoms with van der Waals surface area (Å²) in [5, 5.41) is -0.0394. The molecule has 0 unspecified atom stereocenters. The zero-order valence-electron chi connectivity index (χ0n) is 12.9. The van der Waals surface area contributed by atoms with E-state index in [1.807, 2.05) is 27.7 Å². The van der Waals surface area contributed by atoms with Gasteiger partial charge in [0.2, 0.25) is 5.95 Å². The molecule has 1 heterocycles. The van der Waals surface area contributed by atoms with Crippen molar-refractivity contribution in [2.75, 3.05) is 0 Å². The van der Waals surface area contributed by atoms with Crippen molar-refractivity contribution in [1.29, 1.82) is 0 Å². The van der Waals surface area contributed by atoms with Crippen LogP contribution in [0.4, 0.5) is 4.39 Å². The molecule has 0 bridgehead atoms. The van der Waals surface area contributed by atoms with Crippen LogP contribution >= 0.6 is 11.6 Å². The van der Waals surface area contributed by atoms with Gasteiger partial charge in [-0.3, -0.25) is 0 Å². The first-order chi connectivity index (χ1) is 9.62. The Morgan fingerprint density at radius 2 is 2.10 bits per heavy atom. The van der Waals surface area contributed by atoms with Gasteiger partial charge in [-0.15, -0.1) is 11.3 Å². The Morgan fingerprint density at radius 1 is 1.48 bits per heavy atom. The molecule has 0 aliphatic rings. The number of halogens is 2. The molecule has 1 rings (SSSR count). The van der Waals surface area contributed by atoms with Crippen LogP contribution in [0.25, 0.3) is 0 Å². The minimum atomic E-state index is -1.31. The first-order valence-electron chi connectivity index (χ1n) is 6.73. The van der Waals surface area contributed by atoms with Gasteiger partial charge in [0.05, 0.1) is 5.54 Å². The van der Waals surface area contributed by atoms with Crippen LogP contribution in [0.15, 0.2) is 24.9 Å². The summed E-state index contributed by atoms with van der Waals surface area (Å²) >= 11 is 4.74. The lowest BCUT2D eigenvalue weighted by atomic mass is 9.89. The summed E-state index contributed by atoms with van der Waals surface area (Å²) in [6, 6.07) is 1.65. The first-order valence-corrected chi connectivity index (χ1v) is 8.25. The van der Waals surface area contributed by atoms with Crippen molar-refractivity contribution in [3.8, 4) is 0 Å². The van der Waals surface area contributed by atoms with E-state index in [0.717, 1.165) is 0 Å². The van der Waals surface area contributed by atoms with Crippen molar-refractivity contribution in [3.63, 3.8) is 0 Å². The Bertz CT molecular complexity index is 507. The number of pyridine rings is 1. The normalized spacial score (nSPS) is 16.3. The summed E-state index contributed by atoms with van der Waals surface area (Å²) in [7, 11) is 0. The fraction of sp³-hybridized carbons (Fsp3) is 0.533. The number of hydrogen-bond acceptors (Lipinski definition) is 3. The molecule has 0 aliphatic heterocycles. The summed E-state index contributed by atoms with van der Waals surface area (Å²) in [6.45, 7) is 11.2. The van der Waals surface area contributed by atoms with Gasteiger partial charge in [0.25, 0.3) is 0 Å². The van der Waals surface area contributed by atoms with Crippen molar-refractivity contribution < 1.29 is 8.94 Å². The molecule has 0 aliphatic carbocycles. The minimum Gasteiger partial charge on any atom is -0.598 e. The molecule has 0 aromatic carbocycles. The number of hydrogen-bond donors (Lipinski definition) is 1. The molecular weight excluding hydrogens is 311 g/mol. The maximum Gasteiger partial charge on any atom is 0.231 e. The Balaban J connectivity index is 3.20. The van der Waals surface area contributed by atoms with Gasteiger partial charge in [-0.25, -0.2) is 4.98 Å². The number of rotatable bonds is 6. The lowest BCUT2D eigenvalue weighted by molar-refractivity contribution is 0.392. The molecule has 0 saturated carbocycles. The van der Waals surface area contributed by atoms with E-state index in [4.69, 9.17) is 11.6 Å². The third-order valence-electron chi connectivity index (χ3n) is 3.16. The average molecular weight is 333 g/mol. The van der Waals surface area contributed by atoms with Gasteiger partial charge in [-0.1, -0.05) is 17.7 Å². The van der Waals surface area contributed by atoms with Crippen LogP contribution in [0.2, 0.25) is 5.02 Å². The van der Waals surface area contributed by atoms with Crippen LogP contribution in [0.5, 0.6) is 0 Å². The predicted octanol–water partition coefficient (Wildman–Crippen LogP) is 4.11. The third kappa shape index (κ3) is 4.68. The highest BCUT2D eigenvalue weighted by molar-refractivity contribution is 7.90. The van der Waals surface area contributed by atoms with Gasteiger partial charge in [0.1, 0.15) is 9.77 Å². The topological polar surface area (TPSA) is 48.0 Å². The van der Waals surface area contributed by atoms with E-state index in [0.29, 0.717) is 18.4 Å². The largest absolute Gasteiger partial charge is 0.598 e. The number of nitrogens with zero attached hydrogens (tertiary/aromatic N) is 1. The molecule has 0 spiro atoms. The van der Waals surface area contributed by atoms with Gasteiger partial charge in [0.15, 0.2) is 0 Å². The summed E-state index contributed by atoms with van der Waals surface area (Å²) in [5.74, 6) is -0.720. The predicted molar refractivity (Wildman–Crippen MR) is 87.0 cm³/mol. The zero-order valence-corrected chi connectivity index (χ0v) is 14.4. The van der Waals surface area contributed by atoms with E-state index in [2.05, 4.69) is 16.3 Å². The monoisotopic (exact) mass is 332 g/mol. The fourth-order valence-electron chi connectivity index (χ4n) is 1.83. The Labute approximate surface area is 134 Å². The summed E-state index contributed by atoms with van der Waals surface area (Å²) in [4.78, 5) is 3.54. The fourth-order valence-corrected chi connectivity index (χ4v) is 3.08. The molecule has 3 nitrogen and oxygen atoms in total. The van der Waals surface area contributed by atoms with E-state index in [9.17, 15) is 8.94 Å². The quantitative estimate of drug-likeness (QED) is 0.484. The number of allylic oxidation sites excluding steroid dienone is 1. The maximum atomic E-state index is 13.6. The highest BCUT2D eigenvalue weighted by Gasteiger charge is 2.38. The van der Waals surface area contributed by atoms with Gasteiger partial charge < -0.3 is 4.55 Å². The molecular formula is C15H22ClFN2OS. The van der Waals surface area contributed by atoms with E-state index in [-0.39, 0.29) is 5.02 Å². The number of aromatic nitrogens is 1. The second-order valence-corrected chi connectivity index (χ2v) is 8.45. The van der Waals surface area contributed by atoms with E-state index >= 15 is 0 Å². The van der Waals surface area contributed by atoms with Crippen LogP contribution in [0, 0.1) is 5.95 Å². The van der Waals surface area contributed by atoms with Gasteiger partial charge in [-0.2, -0.15) is 4.39 Å². The second kappa shape index (κ2) is 7.09. The standard InChI is InChI=1S/C15H22ClFN2OS/c1-6-7-9-15(5,19-21(20)14(2,3)4)11-8-10-18-13(17)12(11)16/h6,8,10,19H,1,7,9H2,2-5H3/t15-,21-/m0/s1. The van der Waals surface area contributed by atoms with Crippen molar-refractivity contribution in [3.05, 3.63) is 41.5 Å². The van der Waals surface area contributed by atoms with E-state index < -0.39 is 27.6 Å². The Morgan fingerprint density at radius 3 is 2.62 bits per heavy atom. The second-order valence-electron chi connectivity index (χ2n) is 6.11. The van der Waals surface area contributed by atoms with Crippen molar-refractivity contribution in [1.82, 2.24) is 9.71 Å². The van der Waals surface area contributed by atoms with E-state index in [1.165, 1.54) is 6.20 Å². The SMILES string of the molecule is C=CCC[C@](C)(N[S@@+]([O-])C(C)(C)C)c1ccnc(F)c1Cl. The molecule has 0 saturated heterocycles. The van der Waals surface area contributed by atoms with Gasteiger partial charge in [0, 0.05) is 23.1 Å². The molecule has 1 aromatic heterocycles. The summed E-state index contributed by atoms with van der Waals surface area (Å²) in [5.41, 5.74) is -0.177. The highest BCUT2D eigenvalue weighted by Crippen LogP contribution is 2.34. The summed E-state index contributed by atoms with van der Waals surface area (Å²) < 4.78 is 28.7. The van der Waals surface area contributed by atoms with Crippen molar-refractivity contribution in [2.45, 2.75) is 50.8 Å². The molecule has 6 heteroatoms. The Kier molecular flexibility index (Phi) is 6.23. The first kappa shape index (κ1) is 18.4. The minimum absolute atomic E-state index is 0.0394. The van der Waals surface area contributed by atoms with Gasteiger partial charge in [-0.05, 0) is 46.6 Å². The molecule has 2 atom stereocenters. The van der Waals surface area contributed by atoms with Crippen LogP contribution < -0.4 is 4.72 Å². The molecule has 118 valence electrons. The molecule has 1 aromatic rings. The molecule has 1 N–H and O–H groups in total. The lowest BCUT2D eigenvalue weighted by Gasteiger charge is -2.35. The highest BCUT2D eigenvalue weighted by atomic mass is 35.5. The van der Waals surface area contributed by atoms with Crippen LogP contribution in [-0.2, 0) is 16.9 Å². The molecule has 0 radical (unpaired) electrons. The third-order valence-corrected chi connectivity index (χ3v) is 5.27. The van der Waals surface area contributed by atoms with Crippen LogP contribution in [0.3, 0.4) is 0 Å². The molecule has 0 amide bonds. The smallest absolute Gasteiger partial charge is 0.231 e. The molecule has 0 fully saturated rings. The Hall–Kier alpha value is -0.620. The zero-order chi connectivity index (χ0) is 16.3. The lowest BCUT2D eigenvalue weighted by Crippen LogP contribution is -2.50. The summed E-state index contributed by atoms with van der Waals surface area (Å²) in [6.07, 6.45) is 4.42. The average Bonchev–Trinajstić information content (AvgIpc) is 2.38. The van der Waals surface area contributed by atoms with Gasteiger partial charge >= 0.3 is 0 Å². The van der Waals surface area contributed by atoms with Crippen molar-refractivity contribution >= 4 is 23.0 Å². The molecule has 21 heavy (non-hydrogen) atoms. The number of nitrogens with one attached hydrogen (secondary N) is 1. The van der Waals surface area contributed by atoms with Crippen LogP contribution in [-0.4, -0.2) is 14.3 Å². The van der Waals surface area contributed by atoms with Crippen molar-refractivity contribution in [2.24, 2.45) is 0 Å².